The molecule has 3 aromatic rings. The molecule has 3 rings (SSSR count). The summed E-state index contributed by atoms with van der Waals surface area (Å²) in [7, 11) is 1.61. The second-order valence-corrected chi connectivity index (χ2v) is 5.62. The number of methoxy groups -OCH3 is 1. The van der Waals surface area contributed by atoms with Gasteiger partial charge in [-0.05, 0) is 42.0 Å². The number of ether oxygens (including phenoxy) is 1. The highest BCUT2D eigenvalue weighted by Gasteiger charge is 2.14. The van der Waals surface area contributed by atoms with Crippen LogP contribution in [0, 0.1) is 0 Å². The SMILES string of the molecule is COc1ccccc1N[C@H](C)C(=O)Nc1ccc2ccccc2c1. The minimum absolute atomic E-state index is 0.101. The van der Waals surface area contributed by atoms with Gasteiger partial charge < -0.3 is 15.4 Å². The van der Waals surface area contributed by atoms with E-state index in [1.165, 1.54) is 0 Å². The molecule has 0 aliphatic heterocycles. The third-order valence-corrected chi connectivity index (χ3v) is 3.89. The highest BCUT2D eigenvalue weighted by atomic mass is 16.5. The van der Waals surface area contributed by atoms with Gasteiger partial charge in [0, 0.05) is 5.69 Å². The Balaban J connectivity index is 1.71. The molecule has 0 saturated carbocycles. The number of hydrogen-bond donors (Lipinski definition) is 2. The number of amides is 1. The lowest BCUT2D eigenvalue weighted by Gasteiger charge is -2.17. The van der Waals surface area contributed by atoms with Gasteiger partial charge in [-0.1, -0.05) is 42.5 Å². The van der Waals surface area contributed by atoms with Crippen molar-refractivity contribution in [3.8, 4) is 5.75 Å². The van der Waals surface area contributed by atoms with E-state index < -0.39 is 6.04 Å². The lowest BCUT2D eigenvalue weighted by Crippen LogP contribution is -2.32. The monoisotopic (exact) mass is 320 g/mol. The molecule has 0 aliphatic carbocycles. The summed E-state index contributed by atoms with van der Waals surface area (Å²) < 4.78 is 5.30. The number of anilines is 2. The first-order valence-corrected chi connectivity index (χ1v) is 7.86. The molecule has 0 spiro atoms. The molecule has 0 fully saturated rings. The van der Waals surface area contributed by atoms with E-state index in [0.717, 1.165) is 22.1 Å². The summed E-state index contributed by atoms with van der Waals surface area (Å²) in [4.78, 5) is 12.4. The fraction of sp³-hybridized carbons (Fsp3) is 0.150. The quantitative estimate of drug-likeness (QED) is 0.737. The summed E-state index contributed by atoms with van der Waals surface area (Å²) >= 11 is 0. The van der Waals surface area contributed by atoms with Crippen molar-refractivity contribution in [3.05, 3.63) is 66.7 Å². The number of para-hydroxylation sites is 2. The van der Waals surface area contributed by atoms with E-state index in [1.54, 1.807) is 7.11 Å². The zero-order chi connectivity index (χ0) is 16.9. The molecular formula is C20H20N2O2. The summed E-state index contributed by atoms with van der Waals surface area (Å²) in [5.41, 5.74) is 1.58. The normalized spacial score (nSPS) is 11.8. The van der Waals surface area contributed by atoms with E-state index in [1.807, 2.05) is 73.7 Å². The lowest BCUT2D eigenvalue weighted by molar-refractivity contribution is -0.116. The number of carbonyl (C=O) groups excluding carboxylic acids is 1. The molecule has 0 aromatic heterocycles. The first-order valence-electron chi connectivity index (χ1n) is 7.86. The second kappa shape index (κ2) is 7.04. The molecular weight excluding hydrogens is 300 g/mol. The first-order chi connectivity index (χ1) is 11.7. The summed E-state index contributed by atoms with van der Waals surface area (Å²) in [6.07, 6.45) is 0. The van der Waals surface area contributed by atoms with Crippen LogP contribution in [0.1, 0.15) is 6.92 Å². The Morgan fingerprint density at radius 3 is 2.46 bits per heavy atom. The van der Waals surface area contributed by atoms with Gasteiger partial charge in [0.1, 0.15) is 11.8 Å². The topological polar surface area (TPSA) is 50.4 Å². The van der Waals surface area contributed by atoms with Crippen LogP contribution in [-0.4, -0.2) is 19.1 Å². The average Bonchev–Trinajstić information content (AvgIpc) is 2.62. The molecule has 4 nitrogen and oxygen atoms in total. The second-order valence-electron chi connectivity index (χ2n) is 5.62. The van der Waals surface area contributed by atoms with Crippen molar-refractivity contribution in [2.24, 2.45) is 0 Å². The first kappa shape index (κ1) is 15.9. The molecule has 24 heavy (non-hydrogen) atoms. The van der Waals surface area contributed by atoms with Crippen molar-refractivity contribution in [1.82, 2.24) is 0 Å². The van der Waals surface area contributed by atoms with E-state index in [-0.39, 0.29) is 5.91 Å². The maximum absolute atomic E-state index is 12.4. The van der Waals surface area contributed by atoms with E-state index in [9.17, 15) is 4.79 Å². The fourth-order valence-electron chi connectivity index (χ4n) is 2.58. The van der Waals surface area contributed by atoms with Crippen molar-refractivity contribution in [1.29, 1.82) is 0 Å². The molecule has 3 aromatic carbocycles. The van der Waals surface area contributed by atoms with Crippen LogP contribution in [0.4, 0.5) is 11.4 Å². The molecule has 4 heteroatoms. The van der Waals surface area contributed by atoms with E-state index >= 15 is 0 Å². The summed E-state index contributed by atoms with van der Waals surface area (Å²) in [5, 5.41) is 8.38. The third kappa shape index (κ3) is 3.49. The Morgan fingerprint density at radius 1 is 0.958 bits per heavy atom. The van der Waals surface area contributed by atoms with Crippen molar-refractivity contribution >= 4 is 28.1 Å². The minimum Gasteiger partial charge on any atom is -0.495 e. The van der Waals surface area contributed by atoms with Gasteiger partial charge in [0.05, 0.1) is 12.8 Å². The van der Waals surface area contributed by atoms with Crippen LogP contribution in [0.25, 0.3) is 10.8 Å². The zero-order valence-corrected chi connectivity index (χ0v) is 13.7. The van der Waals surface area contributed by atoms with Crippen molar-refractivity contribution in [3.63, 3.8) is 0 Å². The third-order valence-electron chi connectivity index (χ3n) is 3.89. The largest absolute Gasteiger partial charge is 0.495 e. The Kier molecular flexibility index (Phi) is 4.66. The maximum atomic E-state index is 12.4. The lowest BCUT2D eigenvalue weighted by atomic mass is 10.1. The summed E-state index contributed by atoms with van der Waals surface area (Å²) in [6.45, 7) is 1.82. The number of benzene rings is 3. The number of hydrogen-bond acceptors (Lipinski definition) is 3. The Bertz CT molecular complexity index is 861. The van der Waals surface area contributed by atoms with Crippen LogP contribution in [0.5, 0.6) is 5.75 Å². The molecule has 2 N–H and O–H groups in total. The van der Waals surface area contributed by atoms with Gasteiger partial charge in [0.25, 0.3) is 0 Å². The van der Waals surface area contributed by atoms with Crippen LogP contribution in [-0.2, 0) is 4.79 Å². The Labute approximate surface area is 141 Å². The predicted octanol–water partition coefficient (Wildman–Crippen LogP) is 4.29. The van der Waals surface area contributed by atoms with Crippen LogP contribution in [0.3, 0.4) is 0 Å². The van der Waals surface area contributed by atoms with Gasteiger partial charge in [-0.25, -0.2) is 0 Å². The van der Waals surface area contributed by atoms with Crippen LogP contribution < -0.4 is 15.4 Å². The summed E-state index contributed by atoms with van der Waals surface area (Å²) in [5.74, 6) is 0.610. The molecule has 0 aliphatic rings. The van der Waals surface area contributed by atoms with E-state index in [2.05, 4.69) is 10.6 Å². The molecule has 0 bridgehead atoms. The van der Waals surface area contributed by atoms with Gasteiger partial charge in [-0.2, -0.15) is 0 Å². The zero-order valence-electron chi connectivity index (χ0n) is 13.7. The average molecular weight is 320 g/mol. The van der Waals surface area contributed by atoms with E-state index in [0.29, 0.717) is 5.75 Å². The number of rotatable bonds is 5. The van der Waals surface area contributed by atoms with Crippen LogP contribution in [0.15, 0.2) is 66.7 Å². The van der Waals surface area contributed by atoms with Gasteiger partial charge in [0.15, 0.2) is 0 Å². The van der Waals surface area contributed by atoms with Gasteiger partial charge in [0.2, 0.25) is 5.91 Å². The van der Waals surface area contributed by atoms with Crippen molar-refractivity contribution in [2.75, 3.05) is 17.7 Å². The predicted molar refractivity (Wildman–Crippen MR) is 98.7 cm³/mol. The van der Waals surface area contributed by atoms with Gasteiger partial charge in [-0.15, -0.1) is 0 Å². The van der Waals surface area contributed by atoms with Crippen molar-refractivity contribution < 1.29 is 9.53 Å². The molecule has 1 atom stereocenters. The van der Waals surface area contributed by atoms with Crippen LogP contribution in [0.2, 0.25) is 0 Å². The number of carbonyl (C=O) groups is 1. The van der Waals surface area contributed by atoms with Crippen LogP contribution >= 0.6 is 0 Å². The number of nitrogens with one attached hydrogen (secondary N) is 2. The van der Waals surface area contributed by atoms with Gasteiger partial charge >= 0.3 is 0 Å². The highest BCUT2D eigenvalue weighted by Crippen LogP contribution is 2.24. The van der Waals surface area contributed by atoms with E-state index in [4.69, 9.17) is 4.74 Å². The minimum atomic E-state index is -0.396. The standard InChI is InChI=1S/C20H20N2O2/c1-14(21-18-9-5-6-10-19(18)24-2)20(23)22-17-12-11-15-7-3-4-8-16(15)13-17/h3-14,21H,1-2H3,(H,22,23)/t14-/m1/s1. The molecule has 0 saturated heterocycles. The molecule has 0 radical (unpaired) electrons. The maximum Gasteiger partial charge on any atom is 0.246 e. The summed E-state index contributed by atoms with van der Waals surface area (Å²) in [6, 6.07) is 21.1. The molecule has 122 valence electrons. The number of fused-ring (bicyclic) bond motifs is 1. The smallest absolute Gasteiger partial charge is 0.246 e. The molecule has 0 heterocycles. The fourth-order valence-corrected chi connectivity index (χ4v) is 2.58. The molecule has 0 unspecified atom stereocenters. The van der Waals surface area contributed by atoms with Gasteiger partial charge in [-0.3, -0.25) is 4.79 Å². The Hall–Kier alpha value is -3.01. The molecule has 1 amide bonds. The van der Waals surface area contributed by atoms with Crippen molar-refractivity contribution in [2.45, 2.75) is 13.0 Å². The Morgan fingerprint density at radius 2 is 1.67 bits per heavy atom. The highest BCUT2D eigenvalue weighted by molar-refractivity contribution is 5.98.